The molecule has 1 saturated carbocycles. The average Bonchev–Trinajstić information content (AvgIpc) is 3.13. The quantitative estimate of drug-likeness (QED) is 0.701. The summed E-state index contributed by atoms with van der Waals surface area (Å²) in [6, 6.07) is 2.92. The third-order valence-corrected chi connectivity index (χ3v) is 4.36. The van der Waals surface area contributed by atoms with Gasteiger partial charge in [-0.2, -0.15) is 13.2 Å². The normalized spacial score (nSPS) is 19.7. The lowest BCUT2D eigenvalue weighted by Crippen LogP contribution is -2.40. The van der Waals surface area contributed by atoms with Crippen molar-refractivity contribution in [2.45, 2.75) is 45.3 Å². The highest BCUT2D eigenvalue weighted by atomic mass is 19.4. The first-order valence-corrected chi connectivity index (χ1v) is 8.98. The van der Waals surface area contributed by atoms with E-state index in [1.807, 2.05) is 0 Å². The van der Waals surface area contributed by atoms with Gasteiger partial charge in [0, 0.05) is 0 Å². The van der Waals surface area contributed by atoms with E-state index in [0.29, 0.717) is 31.4 Å². The van der Waals surface area contributed by atoms with Crippen LogP contribution in [0.5, 0.6) is 0 Å². The molecule has 156 valence electrons. The molecule has 2 rings (SSSR count). The molecule has 1 fully saturated rings. The number of nitrogens with one attached hydrogen (secondary N) is 1. The highest BCUT2D eigenvalue weighted by molar-refractivity contribution is 5.86. The summed E-state index contributed by atoms with van der Waals surface area (Å²) < 4.78 is 51.2. The SMILES string of the molecule is CCOC(=O)c1ccc(CNC(=O)[C@@H]2CCCC[C@@H]2C(=O)OCC(F)(F)F)o1. The Labute approximate surface area is 159 Å². The maximum Gasteiger partial charge on any atom is 0.422 e. The van der Waals surface area contributed by atoms with Crippen LogP contribution in [0.3, 0.4) is 0 Å². The second kappa shape index (κ2) is 9.61. The lowest BCUT2D eigenvalue weighted by atomic mass is 9.78. The van der Waals surface area contributed by atoms with Gasteiger partial charge in [0.05, 0.1) is 25.0 Å². The summed E-state index contributed by atoms with van der Waals surface area (Å²) in [4.78, 5) is 36.0. The van der Waals surface area contributed by atoms with E-state index in [1.165, 1.54) is 12.1 Å². The second-order valence-corrected chi connectivity index (χ2v) is 6.42. The van der Waals surface area contributed by atoms with Crippen molar-refractivity contribution in [3.8, 4) is 0 Å². The monoisotopic (exact) mass is 405 g/mol. The van der Waals surface area contributed by atoms with E-state index in [2.05, 4.69) is 10.1 Å². The largest absolute Gasteiger partial charge is 0.460 e. The molecule has 1 aromatic heterocycles. The number of alkyl halides is 3. The fraction of sp³-hybridized carbons (Fsp3) is 0.611. The minimum atomic E-state index is -4.61. The third-order valence-electron chi connectivity index (χ3n) is 4.36. The van der Waals surface area contributed by atoms with Crippen molar-refractivity contribution in [3.63, 3.8) is 0 Å². The van der Waals surface area contributed by atoms with Gasteiger partial charge >= 0.3 is 18.1 Å². The van der Waals surface area contributed by atoms with Crippen LogP contribution in [0.15, 0.2) is 16.5 Å². The topological polar surface area (TPSA) is 94.8 Å². The Kier molecular flexibility index (Phi) is 7.47. The number of halogens is 3. The van der Waals surface area contributed by atoms with E-state index >= 15 is 0 Å². The molecule has 0 spiro atoms. The van der Waals surface area contributed by atoms with Gasteiger partial charge in [-0.15, -0.1) is 0 Å². The summed E-state index contributed by atoms with van der Waals surface area (Å²) in [6.07, 6.45) is -2.62. The summed E-state index contributed by atoms with van der Waals surface area (Å²) in [6.45, 7) is 0.153. The van der Waals surface area contributed by atoms with E-state index in [0.717, 1.165) is 0 Å². The maximum atomic E-state index is 12.5. The number of amides is 1. The molecule has 0 unspecified atom stereocenters. The fourth-order valence-electron chi connectivity index (χ4n) is 3.08. The van der Waals surface area contributed by atoms with Crippen molar-refractivity contribution in [2.24, 2.45) is 11.8 Å². The third kappa shape index (κ3) is 6.28. The number of ether oxygens (including phenoxy) is 2. The standard InChI is InChI=1S/C18H22F3NO6/c1-2-26-17(25)14-8-7-11(28-14)9-22-15(23)12-5-3-4-6-13(12)16(24)27-10-18(19,20)21/h7-8,12-13H,2-6,9-10H2,1H3,(H,22,23)/t12-,13+/m1/s1. The molecule has 1 aromatic rings. The van der Waals surface area contributed by atoms with Crippen LogP contribution in [0.4, 0.5) is 13.2 Å². The van der Waals surface area contributed by atoms with Crippen LogP contribution in [0.25, 0.3) is 0 Å². The van der Waals surface area contributed by atoms with Crippen molar-refractivity contribution in [1.82, 2.24) is 5.32 Å². The summed E-state index contributed by atoms with van der Waals surface area (Å²) >= 11 is 0. The van der Waals surface area contributed by atoms with Crippen LogP contribution in [-0.4, -0.2) is 37.2 Å². The zero-order valence-corrected chi connectivity index (χ0v) is 15.3. The minimum Gasteiger partial charge on any atom is -0.460 e. The summed E-state index contributed by atoms with van der Waals surface area (Å²) in [5, 5.41) is 2.60. The van der Waals surface area contributed by atoms with Gasteiger partial charge in [0.2, 0.25) is 11.7 Å². The summed E-state index contributed by atoms with van der Waals surface area (Å²) in [5.74, 6) is -3.49. The summed E-state index contributed by atoms with van der Waals surface area (Å²) in [7, 11) is 0. The van der Waals surface area contributed by atoms with Crippen LogP contribution in [0, 0.1) is 11.8 Å². The Bertz CT molecular complexity index is 700. The Balaban J connectivity index is 1.92. The molecule has 1 aliphatic rings. The first kappa shape index (κ1) is 21.8. The predicted octanol–water partition coefficient (Wildman–Crippen LogP) is 2.98. The lowest BCUT2D eigenvalue weighted by Gasteiger charge is -2.29. The molecule has 2 atom stereocenters. The zero-order chi connectivity index (χ0) is 20.7. The molecule has 0 bridgehead atoms. The number of hydrogen-bond acceptors (Lipinski definition) is 6. The molecule has 28 heavy (non-hydrogen) atoms. The molecule has 0 aromatic carbocycles. The number of carbonyl (C=O) groups is 3. The number of carbonyl (C=O) groups excluding carboxylic acids is 3. The molecule has 1 N–H and O–H groups in total. The van der Waals surface area contributed by atoms with Crippen LogP contribution >= 0.6 is 0 Å². The smallest absolute Gasteiger partial charge is 0.422 e. The van der Waals surface area contributed by atoms with E-state index in [-0.39, 0.29) is 18.9 Å². The van der Waals surface area contributed by atoms with Gasteiger partial charge in [-0.3, -0.25) is 9.59 Å². The highest BCUT2D eigenvalue weighted by Gasteiger charge is 2.38. The number of furan rings is 1. The average molecular weight is 405 g/mol. The molecular formula is C18H22F3NO6. The van der Waals surface area contributed by atoms with Gasteiger partial charge in [0.15, 0.2) is 6.61 Å². The van der Waals surface area contributed by atoms with Crippen LogP contribution in [-0.2, 0) is 25.6 Å². The van der Waals surface area contributed by atoms with Gasteiger partial charge in [-0.1, -0.05) is 12.8 Å². The van der Waals surface area contributed by atoms with E-state index in [1.54, 1.807) is 6.92 Å². The van der Waals surface area contributed by atoms with Gasteiger partial charge in [0.1, 0.15) is 5.76 Å². The van der Waals surface area contributed by atoms with E-state index < -0.39 is 42.5 Å². The van der Waals surface area contributed by atoms with Gasteiger partial charge in [-0.25, -0.2) is 4.79 Å². The number of esters is 2. The van der Waals surface area contributed by atoms with Gasteiger partial charge < -0.3 is 19.2 Å². The molecular weight excluding hydrogens is 383 g/mol. The van der Waals surface area contributed by atoms with Crippen LogP contribution < -0.4 is 5.32 Å². The molecule has 0 aliphatic heterocycles. The first-order chi connectivity index (χ1) is 13.2. The molecule has 1 heterocycles. The van der Waals surface area contributed by atoms with Crippen LogP contribution in [0.1, 0.15) is 48.9 Å². The Morgan fingerprint density at radius 2 is 1.82 bits per heavy atom. The highest BCUT2D eigenvalue weighted by Crippen LogP contribution is 2.32. The number of hydrogen-bond donors (Lipinski definition) is 1. The predicted molar refractivity (Wildman–Crippen MR) is 89.0 cm³/mol. The zero-order valence-electron chi connectivity index (χ0n) is 15.3. The summed E-state index contributed by atoms with van der Waals surface area (Å²) in [5.41, 5.74) is 0. The Morgan fingerprint density at radius 3 is 2.46 bits per heavy atom. The fourth-order valence-corrected chi connectivity index (χ4v) is 3.08. The molecule has 7 nitrogen and oxygen atoms in total. The van der Waals surface area contributed by atoms with Crippen LogP contribution in [0.2, 0.25) is 0 Å². The van der Waals surface area contributed by atoms with Crippen molar-refractivity contribution in [2.75, 3.05) is 13.2 Å². The van der Waals surface area contributed by atoms with Crippen molar-refractivity contribution < 1.29 is 41.4 Å². The molecule has 1 aliphatic carbocycles. The van der Waals surface area contributed by atoms with Gasteiger partial charge in [-0.05, 0) is 31.9 Å². The maximum absolute atomic E-state index is 12.5. The number of rotatable bonds is 7. The molecule has 0 saturated heterocycles. The van der Waals surface area contributed by atoms with Crippen molar-refractivity contribution in [1.29, 1.82) is 0 Å². The van der Waals surface area contributed by atoms with Crippen molar-refractivity contribution >= 4 is 17.8 Å². The first-order valence-electron chi connectivity index (χ1n) is 8.98. The van der Waals surface area contributed by atoms with E-state index in [9.17, 15) is 27.6 Å². The lowest BCUT2D eigenvalue weighted by molar-refractivity contribution is -0.191. The minimum absolute atomic E-state index is 0.00243. The molecule has 10 heteroatoms. The van der Waals surface area contributed by atoms with E-state index in [4.69, 9.17) is 9.15 Å². The Morgan fingerprint density at radius 1 is 1.14 bits per heavy atom. The second-order valence-electron chi connectivity index (χ2n) is 6.42. The van der Waals surface area contributed by atoms with Crippen molar-refractivity contribution in [3.05, 3.63) is 23.7 Å². The van der Waals surface area contributed by atoms with Gasteiger partial charge in [0.25, 0.3) is 0 Å². The Hall–Kier alpha value is -2.52. The molecule has 1 amide bonds. The molecule has 0 radical (unpaired) electrons.